The second-order valence-corrected chi connectivity index (χ2v) is 12.7. The van der Waals surface area contributed by atoms with Gasteiger partial charge < -0.3 is 19.1 Å². The van der Waals surface area contributed by atoms with Gasteiger partial charge in [0, 0.05) is 61.7 Å². The number of phenols is 1. The lowest BCUT2D eigenvalue weighted by Crippen LogP contribution is -2.40. The van der Waals surface area contributed by atoms with Crippen LogP contribution < -0.4 is 26.4 Å². The average Bonchev–Trinajstić information content (AvgIpc) is 3.32. The van der Waals surface area contributed by atoms with Crippen LogP contribution >= 0.6 is 22.6 Å². The first-order valence-corrected chi connectivity index (χ1v) is 15.8. The summed E-state index contributed by atoms with van der Waals surface area (Å²) in [5.41, 5.74) is 1.69. The molecule has 0 fully saturated rings. The number of benzene rings is 2. The maximum absolute atomic E-state index is 14.0. The van der Waals surface area contributed by atoms with Crippen LogP contribution in [0.25, 0.3) is 11.0 Å². The molecule has 2 aromatic heterocycles. The zero-order chi connectivity index (χ0) is 33.3. The first-order chi connectivity index (χ1) is 22.5. The summed E-state index contributed by atoms with van der Waals surface area (Å²) >= 11 is 1.86. The second-order valence-electron chi connectivity index (χ2n) is 11.5. The van der Waals surface area contributed by atoms with Gasteiger partial charge in [-0.2, -0.15) is 0 Å². The highest BCUT2D eigenvalue weighted by Gasteiger charge is 2.45. The van der Waals surface area contributed by atoms with Crippen molar-refractivity contribution in [2.24, 2.45) is 7.05 Å². The minimum Gasteiger partial charge on any atom is -0.508 e. The summed E-state index contributed by atoms with van der Waals surface area (Å²) in [6.45, 7) is -0.0434. The number of rotatable bonds is 6. The molecule has 0 bridgehead atoms. The van der Waals surface area contributed by atoms with Crippen molar-refractivity contribution in [1.82, 2.24) is 23.5 Å². The first kappa shape index (κ1) is 30.7. The van der Waals surface area contributed by atoms with Gasteiger partial charge in [-0.15, -0.1) is 0 Å². The highest BCUT2D eigenvalue weighted by atomic mass is 127. The summed E-state index contributed by atoms with van der Waals surface area (Å²) in [5, 5.41) is 9.94. The number of halogens is 1. The molecule has 47 heavy (non-hydrogen) atoms. The number of hydrogen-bond acceptors (Lipinski definition) is 9. The van der Waals surface area contributed by atoms with Gasteiger partial charge in [-0.3, -0.25) is 14.4 Å². The van der Waals surface area contributed by atoms with Crippen LogP contribution in [0.2, 0.25) is 0 Å². The van der Waals surface area contributed by atoms with Crippen LogP contribution in [0, 0.1) is 0 Å². The molecule has 0 spiro atoms. The molecule has 2 aliphatic carbocycles. The van der Waals surface area contributed by atoms with Crippen molar-refractivity contribution < 1.29 is 24.2 Å². The molecule has 3 heterocycles. The van der Waals surface area contributed by atoms with E-state index >= 15 is 0 Å². The van der Waals surface area contributed by atoms with E-state index in [0.29, 0.717) is 42.8 Å². The van der Waals surface area contributed by atoms with E-state index in [1.54, 1.807) is 31.3 Å². The molecule has 0 amide bonds. The number of hydrogen-bond donors (Lipinski definition) is 1. The zero-order valence-corrected chi connectivity index (χ0v) is 27.7. The number of ether oxygens (including phenoxy) is 2. The number of fused-ring (bicyclic) bond motifs is 4. The normalized spacial score (nSPS) is 18.8. The molecule has 1 aliphatic heterocycles. The lowest BCUT2D eigenvalue weighted by atomic mass is 9.69. The van der Waals surface area contributed by atoms with Crippen LogP contribution in [0.5, 0.6) is 17.2 Å². The Balaban J connectivity index is 1.28. The molecule has 0 radical (unpaired) electrons. The van der Waals surface area contributed by atoms with Gasteiger partial charge in [0.25, 0.3) is 5.56 Å². The lowest BCUT2D eigenvalue weighted by molar-refractivity contribution is -0.115. The van der Waals surface area contributed by atoms with E-state index < -0.39 is 23.3 Å². The molecular formula is C33H28IN5O8. The van der Waals surface area contributed by atoms with E-state index in [1.807, 2.05) is 28.7 Å². The summed E-state index contributed by atoms with van der Waals surface area (Å²) in [4.78, 5) is 72.2. The standard InChI is InChI=1S/C33H28IN5O8/c1-36-24-15-27(47-3)26(46-2)14-22(24)35-21(31(36)43)9-10-37-32(44)38-11-8-18-23(39(38)33(37)45)12-19-25(41)13-20(34)30(42)29(19)28(18)16-4-6-17(40)7-5-16/h4-8,13-15,23,28,40H,9-12H2,1-3H3. The Hall–Kier alpha value is -4.99. The fourth-order valence-corrected chi connectivity index (χ4v) is 7.42. The summed E-state index contributed by atoms with van der Waals surface area (Å²) in [5.74, 6) is -0.296. The van der Waals surface area contributed by atoms with Crippen molar-refractivity contribution in [3.05, 3.63) is 111 Å². The topological polar surface area (TPSA) is 157 Å². The maximum atomic E-state index is 14.0. The number of aromatic hydroxyl groups is 1. The minimum absolute atomic E-state index is 0.00270. The Bertz CT molecular complexity index is 2320. The van der Waals surface area contributed by atoms with Crippen LogP contribution in [0.4, 0.5) is 0 Å². The van der Waals surface area contributed by atoms with E-state index in [0.717, 1.165) is 10.1 Å². The molecule has 2 atom stereocenters. The van der Waals surface area contributed by atoms with Crippen LogP contribution in [0.1, 0.15) is 29.6 Å². The third-order valence-corrected chi connectivity index (χ3v) is 9.93. The fourth-order valence-electron chi connectivity index (χ4n) is 6.84. The van der Waals surface area contributed by atoms with E-state index in [2.05, 4.69) is 4.98 Å². The van der Waals surface area contributed by atoms with Crippen molar-refractivity contribution >= 4 is 45.2 Å². The van der Waals surface area contributed by atoms with Crippen LogP contribution in [-0.4, -0.2) is 54.4 Å². The number of Topliss-reactive ketones (excluding diaryl/α,β-unsaturated/α-hetero) is 1. The molecule has 2 unspecified atom stereocenters. The largest absolute Gasteiger partial charge is 0.508 e. The number of allylic oxidation sites excluding steroid dienone is 6. The predicted octanol–water partition coefficient (Wildman–Crippen LogP) is 2.46. The highest BCUT2D eigenvalue weighted by molar-refractivity contribution is 14.1. The fraction of sp³-hybridized carbons (Fsp3) is 0.273. The second kappa shape index (κ2) is 11.4. The van der Waals surface area contributed by atoms with Gasteiger partial charge in [-0.05, 0) is 45.9 Å². The van der Waals surface area contributed by atoms with E-state index in [4.69, 9.17) is 9.47 Å². The molecule has 13 nitrogen and oxygen atoms in total. The van der Waals surface area contributed by atoms with Crippen molar-refractivity contribution in [2.75, 3.05) is 14.2 Å². The number of phenolic OH excluding ortho intramolecular Hbond substituents is 1. The van der Waals surface area contributed by atoms with Gasteiger partial charge in [-0.25, -0.2) is 28.5 Å². The van der Waals surface area contributed by atoms with Crippen LogP contribution in [0.15, 0.2) is 83.2 Å². The molecule has 3 aliphatic rings. The number of carbonyl (C=O) groups excluding carboxylic acids is 2. The van der Waals surface area contributed by atoms with Crippen molar-refractivity contribution in [1.29, 1.82) is 0 Å². The Labute approximate surface area is 279 Å². The van der Waals surface area contributed by atoms with E-state index in [-0.39, 0.29) is 54.5 Å². The van der Waals surface area contributed by atoms with Gasteiger partial charge in [0.2, 0.25) is 0 Å². The van der Waals surface area contributed by atoms with Gasteiger partial charge in [-0.1, -0.05) is 18.2 Å². The zero-order valence-electron chi connectivity index (χ0n) is 25.5. The van der Waals surface area contributed by atoms with Crippen LogP contribution in [0.3, 0.4) is 0 Å². The van der Waals surface area contributed by atoms with E-state index in [1.165, 1.54) is 46.4 Å². The van der Waals surface area contributed by atoms with Crippen LogP contribution in [-0.2, 0) is 36.1 Å². The van der Waals surface area contributed by atoms with Crippen molar-refractivity contribution in [3.8, 4) is 17.2 Å². The van der Waals surface area contributed by atoms with Gasteiger partial charge in [0.05, 0.1) is 41.4 Å². The Kier molecular flexibility index (Phi) is 7.41. The molecule has 4 aromatic rings. The van der Waals surface area contributed by atoms with Gasteiger partial charge in [0.1, 0.15) is 11.4 Å². The summed E-state index contributed by atoms with van der Waals surface area (Å²) in [7, 11) is 4.60. The monoisotopic (exact) mass is 749 g/mol. The maximum Gasteiger partial charge on any atom is 0.347 e. The van der Waals surface area contributed by atoms with E-state index in [9.17, 15) is 29.1 Å². The Morgan fingerprint density at radius 1 is 1.00 bits per heavy atom. The van der Waals surface area contributed by atoms with Crippen molar-refractivity contribution in [2.45, 2.75) is 37.9 Å². The average molecular weight is 750 g/mol. The summed E-state index contributed by atoms with van der Waals surface area (Å²) < 4.78 is 16.2. The molecule has 2 aromatic carbocycles. The first-order valence-electron chi connectivity index (χ1n) is 14.8. The molecule has 1 N–H and O–H groups in total. The number of aryl methyl sites for hydroxylation is 2. The number of ketones is 2. The number of aromatic nitrogens is 5. The summed E-state index contributed by atoms with van der Waals surface area (Å²) in [6, 6.07) is 9.01. The molecule has 0 saturated carbocycles. The van der Waals surface area contributed by atoms with Crippen molar-refractivity contribution in [3.63, 3.8) is 0 Å². The van der Waals surface area contributed by atoms with Gasteiger partial charge in [0.15, 0.2) is 23.1 Å². The smallest absolute Gasteiger partial charge is 0.347 e. The SMILES string of the molecule is COc1cc2nc(CCn3c(=O)n4n(c3=O)C3CC5=C(C(=O)C(I)=CC5=O)C(c5ccc(O)cc5)C3=CC4)c(=O)n(C)c2cc1OC. The minimum atomic E-state index is -0.710. The third kappa shape index (κ3) is 4.72. The molecule has 0 saturated heterocycles. The lowest BCUT2D eigenvalue weighted by Gasteiger charge is -2.39. The predicted molar refractivity (Wildman–Crippen MR) is 178 cm³/mol. The molecule has 14 heteroatoms. The number of nitrogens with zero attached hydrogens (tertiary/aromatic N) is 5. The quantitative estimate of drug-likeness (QED) is 0.178. The Morgan fingerprint density at radius 2 is 1.70 bits per heavy atom. The summed E-state index contributed by atoms with van der Waals surface area (Å²) in [6.07, 6.45) is 3.20. The highest BCUT2D eigenvalue weighted by Crippen LogP contribution is 2.50. The Morgan fingerprint density at radius 3 is 2.40 bits per heavy atom. The number of carbonyl (C=O) groups is 2. The van der Waals surface area contributed by atoms with Gasteiger partial charge >= 0.3 is 11.4 Å². The molecule has 7 rings (SSSR count). The molecular weight excluding hydrogens is 721 g/mol. The number of methoxy groups -OCH3 is 2. The third-order valence-electron chi connectivity index (χ3n) is 9.13. The molecule has 240 valence electrons.